The average molecular weight is 575 g/mol. The van der Waals surface area contributed by atoms with E-state index in [1.165, 1.54) is 0 Å². The minimum absolute atomic E-state index is 0. The van der Waals surface area contributed by atoms with E-state index in [2.05, 4.69) is 26.8 Å². The van der Waals surface area contributed by atoms with Gasteiger partial charge in [-0.15, -0.1) is 24.0 Å². The van der Waals surface area contributed by atoms with Crippen molar-refractivity contribution in [3.63, 3.8) is 0 Å². The lowest BCUT2D eigenvalue weighted by Gasteiger charge is -2.13. The number of methoxy groups -OCH3 is 2. The zero-order valence-electron chi connectivity index (χ0n) is 19.5. The first-order valence-electron chi connectivity index (χ1n) is 10.6. The van der Waals surface area contributed by atoms with Crippen LogP contribution in [0, 0.1) is 11.3 Å². The molecule has 1 heterocycles. The number of nitrogen functional groups attached to an aromatic ring is 1. The fourth-order valence-corrected chi connectivity index (χ4v) is 3.40. The van der Waals surface area contributed by atoms with E-state index in [9.17, 15) is 5.26 Å². The van der Waals surface area contributed by atoms with Gasteiger partial charge >= 0.3 is 0 Å². The van der Waals surface area contributed by atoms with Crippen LogP contribution in [-0.2, 0) is 13.0 Å². The Morgan fingerprint density at radius 3 is 2.50 bits per heavy atom. The Balaban J connectivity index is 0.00000408. The second-order valence-corrected chi connectivity index (χ2v) is 7.21. The number of hydrogen-bond donors (Lipinski definition) is 3. The molecule has 0 spiro atoms. The Labute approximate surface area is 217 Å². The van der Waals surface area contributed by atoms with Crippen LogP contribution in [0.25, 0.3) is 5.69 Å². The molecule has 0 fully saturated rings. The SMILES string of the molecule is CN=C(NCCCc1nn(-c2ccccc2)c(N)c1C#N)NCc1ccc(OC)c(OC)c1.I. The Hall–Kier alpha value is -3.46. The van der Waals surface area contributed by atoms with E-state index in [0.29, 0.717) is 54.0 Å². The molecule has 0 saturated carbocycles. The van der Waals surface area contributed by atoms with Gasteiger partial charge in [0.2, 0.25) is 0 Å². The number of nitrogens with two attached hydrogens (primary N) is 1. The molecule has 0 unspecified atom stereocenters. The molecular weight excluding hydrogens is 545 g/mol. The monoisotopic (exact) mass is 575 g/mol. The van der Waals surface area contributed by atoms with Gasteiger partial charge in [-0.2, -0.15) is 10.4 Å². The summed E-state index contributed by atoms with van der Waals surface area (Å²) in [7, 11) is 4.95. The summed E-state index contributed by atoms with van der Waals surface area (Å²) in [5, 5.41) is 20.7. The maximum absolute atomic E-state index is 9.55. The second-order valence-electron chi connectivity index (χ2n) is 7.21. The van der Waals surface area contributed by atoms with E-state index >= 15 is 0 Å². The van der Waals surface area contributed by atoms with E-state index < -0.39 is 0 Å². The fourth-order valence-electron chi connectivity index (χ4n) is 3.40. The van der Waals surface area contributed by atoms with Crippen LogP contribution >= 0.6 is 24.0 Å². The van der Waals surface area contributed by atoms with Gasteiger partial charge in [0.25, 0.3) is 0 Å². The van der Waals surface area contributed by atoms with Crippen molar-refractivity contribution in [1.82, 2.24) is 20.4 Å². The maximum atomic E-state index is 9.55. The van der Waals surface area contributed by atoms with Crippen LogP contribution in [0.2, 0.25) is 0 Å². The van der Waals surface area contributed by atoms with Gasteiger partial charge in [-0.25, -0.2) is 4.68 Å². The number of para-hydroxylation sites is 1. The predicted octanol–water partition coefficient (Wildman–Crippen LogP) is 3.26. The van der Waals surface area contributed by atoms with E-state index in [-0.39, 0.29) is 24.0 Å². The van der Waals surface area contributed by atoms with Gasteiger partial charge in [0.1, 0.15) is 17.5 Å². The topological polar surface area (TPSA) is 123 Å². The molecule has 9 nitrogen and oxygen atoms in total. The highest BCUT2D eigenvalue weighted by molar-refractivity contribution is 14.0. The average Bonchev–Trinajstić information content (AvgIpc) is 3.18. The number of benzene rings is 2. The molecule has 3 rings (SSSR count). The largest absolute Gasteiger partial charge is 0.493 e. The van der Waals surface area contributed by atoms with Crippen LogP contribution in [-0.4, -0.2) is 43.6 Å². The summed E-state index contributed by atoms with van der Waals surface area (Å²) in [4.78, 5) is 4.26. The van der Waals surface area contributed by atoms with Crippen LogP contribution in [0.1, 0.15) is 23.2 Å². The van der Waals surface area contributed by atoms with Crippen molar-refractivity contribution in [2.75, 3.05) is 33.5 Å². The van der Waals surface area contributed by atoms with Crippen LogP contribution < -0.4 is 25.8 Å². The number of nitrogens with one attached hydrogen (secondary N) is 2. The lowest BCUT2D eigenvalue weighted by Crippen LogP contribution is -2.37. The normalized spacial score (nSPS) is 10.7. The first-order chi connectivity index (χ1) is 16.1. The number of halogens is 1. The highest BCUT2D eigenvalue weighted by Gasteiger charge is 2.16. The molecule has 3 aromatic rings. The summed E-state index contributed by atoms with van der Waals surface area (Å²) < 4.78 is 12.2. The minimum atomic E-state index is 0. The van der Waals surface area contributed by atoms with Gasteiger partial charge in [-0.05, 0) is 42.7 Å². The van der Waals surface area contributed by atoms with E-state index in [1.54, 1.807) is 25.9 Å². The predicted molar refractivity (Wildman–Crippen MR) is 144 cm³/mol. The highest BCUT2D eigenvalue weighted by Crippen LogP contribution is 2.27. The van der Waals surface area contributed by atoms with Gasteiger partial charge in [0, 0.05) is 20.1 Å². The smallest absolute Gasteiger partial charge is 0.191 e. The first kappa shape index (κ1) is 26.8. The molecule has 0 radical (unpaired) electrons. The number of guanidine groups is 1. The molecule has 0 bridgehead atoms. The number of aliphatic imine (C=N–C) groups is 1. The number of aromatic nitrogens is 2. The Morgan fingerprint density at radius 2 is 1.85 bits per heavy atom. The van der Waals surface area contributed by atoms with Gasteiger partial charge in [0.15, 0.2) is 17.5 Å². The maximum Gasteiger partial charge on any atom is 0.191 e. The summed E-state index contributed by atoms with van der Waals surface area (Å²) in [5.74, 6) is 2.41. The first-order valence-corrected chi connectivity index (χ1v) is 10.6. The number of rotatable bonds is 9. The van der Waals surface area contributed by atoms with Crippen molar-refractivity contribution in [3.8, 4) is 23.3 Å². The molecule has 4 N–H and O–H groups in total. The Bertz CT molecular complexity index is 1140. The molecule has 0 saturated heterocycles. The summed E-state index contributed by atoms with van der Waals surface area (Å²) in [6.45, 7) is 1.24. The third-order valence-corrected chi connectivity index (χ3v) is 5.12. The second kappa shape index (κ2) is 13.3. The van der Waals surface area contributed by atoms with Crippen molar-refractivity contribution in [2.45, 2.75) is 19.4 Å². The van der Waals surface area contributed by atoms with Gasteiger partial charge in [-0.1, -0.05) is 24.3 Å². The molecule has 10 heteroatoms. The van der Waals surface area contributed by atoms with Gasteiger partial charge in [0.05, 0.1) is 25.6 Å². The standard InChI is InChI=1S/C24H29N7O2.HI/c1-27-24(29-16-17-11-12-21(32-2)22(14-17)33-3)28-13-7-10-20-19(15-25)23(26)31(30-20)18-8-5-4-6-9-18;/h4-6,8-9,11-12,14H,7,10,13,16,26H2,1-3H3,(H2,27,28,29);1H. The number of anilines is 1. The minimum Gasteiger partial charge on any atom is -0.493 e. The van der Waals surface area contributed by atoms with Crippen molar-refractivity contribution >= 4 is 35.8 Å². The summed E-state index contributed by atoms with van der Waals surface area (Å²) in [6, 6.07) is 17.5. The van der Waals surface area contributed by atoms with Crippen molar-refractivity contribution in [2.24, 2.45) is 4.99 Å². The van der Waals surface area contributed by atoms with Crippen LogP contribution in [0.4, 0.5) is 5.82 Å². The van der Waals surface area contributed by atoms with Crippen molar-refractivity contribution in [1.29, 1.82) is 5.26 Å². The molecule has 0 aliphatic rings. The lowest BCUT2D eigenvalue weighted by molar-refractivity contribution is 0.354. The quantitative estimate of drug-likeness (QED) is 0.155. The fraction of sp³-hybridized carbons (Fsp3) is 0.292. The molecule has 0 aliphatic heterocycles. The molecule has 0 atom stereocenters. The van der Waals surface area contributed by atoms with E-state index in [4.69, 9.17) is 15.2 Å². The molecule has 34 heavy (non-hydrogen) atoms. The Kier molecular flexibility index (Phi) is 10.5. The molecule has 180 valence electrons. The number of aryl methyl sites for hydroxylation is 1. The van der Waals surface area contributed by atoms with Gasteiger partial charge < -0.3 is 25.8 Å². The van der Waals surface area contributed by atoms with Gasteiger partial charge in [-0.3, -0.25) is 4.99 Å². The molecule has 0 amide bonds. The van der Waals surface area contributed by atoms with Crippen LogP contribution in [0.15, 0.2) is 53.5 Å². The zero-order chi connectivity index (χ0) is 23.6. The third kappa shape index (κ3) is 6.54. The molecule has 1 aromatic heterocycles. The third-order valence-electron chi connectivity index (χ3n) is 5.12. The van der Waals surface area contributed by atoms with Crippen molar-refractivity contribution < 1.29 is 9.47 Å². The Morgan fingerprint density at radius 1 is 1.12 bits per heavy atom. The number of nitriles is 1. The number of ether oxygens (including phenoxy) is 2. The summed E-state index contributed by atoms with van der Waals surface area (Å²) in [6.07, 6.45) is 1.38. The summed E-state index contributed by atoms with van der Waals surface area (Å²) >= 11 is 0. The molecule has 2 aromatic carbocycles. The number of hydrogen-bond acceptors (Lipinski definition) is 6. The number of nitrogens with zero attached hydrogens (tertiary/aromatic N) is 4. The van der Waals surface area contributed by atoms with Crippen LogP contribution in [0.3, 0.4) is 0 Å². The van der Waals surface area contributed by atoms with Crippen molar-refractivity contribution in [3.05, 3.63) is 65.4 Å². The highest BCUT2D eigenvalue weighted by atomic mass is 127. The van der Waals surface area contributed by atoms with Crippen LogP contribution in [0.5, 0.6) is 11.5 Å². The van der Waals surface area contributed by atoms with E-state index in [1.807, 2.05) is 48.5 Å². The van der Waals surface area contributed by atoms with E-state index in [0.717, 1.165) is 17.7 Å². The molecule has 0 aliphatic carbocycles. The zero-order valence-corrected chi connectivity index (χ0v) is 21.9. The lowest BCUT2D eigenvalue weighted by atomic mass is 10.1. The summed E-state index contributed by atoms with van der Waals surface area (Å²) in [5.41, 5.74) is 9.15. The molecular formula is C24H30IN7O2.